The van der Waals surface area contributed by atoms with E-state index in [1.807, 2.05) is 31.2 Å². The topological polar surface area (TPSA) is 52.6 Å². The fraction of sp³-hybridized carbons (Fsp3) is 0.467. The molecule has 19 heavy (non-hydrogen) atoms. The van der Waals surface area contributed by atoms with Crippen molar-refractivity contribution in [3.63, 3.8) is 0 Å². The molecule has 0 aliphatic heterocycles. The van der Waals surface area contributed by atoms with Crippen molar-refractivity contribution >= 4 is 11.9 Å². The number of hydrogen-bond acceptors (Lipinski definition) is 4. The molecule has 0 aromatic heterocycles. The fourth-order valence-electron chi connectivity index (χ4n) is 1.82. The smallest absolute Gasteiger partial charge is 0.320 e. The van der Waals surface area contributed by atoms with Gasteiger partial charge in [0.25, 0.3) is 0 Å². The van der Waals surface area contributed by atoms with Gasteiger partial charge in [0, 0.05) is 0 Å². The van der Waals surface area contributed by atoms with E-state index in [1.165, 1.54) is 0 Å². The monoisotopic (exact) mass is 264 g/mol. The summed E-state index contributed by atoms with van der Waals surface area (Å²) in [6.45, 7) is 5.90. The molecule has 0 N–H and O–H groups in total. The third-order valence-electron chi connectivity index (χ3n) is 2.66. The van der Waals surface area contributed by atoms with Crippen molar-refractivity contribution in [2.24, 2.45) is 5.92 Å². The van der Waals surface area contributed by atoms with E-state index in [0.29, 0.717) is 6.42 Å². The van der Waals surface area contributed by atoms with Crippen LogP contribution in [0, 0.1) is 12.8 Å². The Bertz CT molecular complexity index is 422. The number of carbonyl (C=O) groups is 2. The summed E-state index contributed by atoms with van der Waals surface area (Å²) >= 11 is 0. The molecule has 0 heterocycles. The van der Waals surface area contributed by atoms with E-state index in [0.717, 1.165) is 11.1 Å². The van der Waals surface area contributed by atoms with Gasteiger partial charge in [0.05, 0.1) is 13.2 Å². The molecule has 0 atom stereocenters. The lowest BCUT2D eigenvalue weighted by Crippen LogP contribution is -2.30. The van der Waals surface area contributed by atoms with Crippen LogP contribution in [0.4, 0.5) is 0 Å². The van der Waals surface area contributed by atoms with Crippen LogP contribution in [0.25, 0.3) is 0 Å². The van der Waals surface area contributed by atoms with Crippen molar-refractivity contribution < 1.29 is 19.1 Å². The molecule has 0 saturated heterocycles. The molecule has 104 valence electrons. The Morgan fingerprint density at radius 3 is 2.16 bits per heavy atom. The highest BCUT2D eigenvalue weighted by Gasteiger charge is 2.29. The fourth-order valence-corrected chi connectivity index (χ4v) is 1.82. The van der Waals surface area contributed by atoms with Crippen molar-refractivity contribution in [3.8, 4) is 0 Å². The maximum absolute atomic E-state index is 11.8. The minimum Gasteiger partial charge on any atom is -0.465 e. The molecule has 4 nitrogen and oxygen atoms in total. The number of esters is 2. The Hall–Kier alpha value is -1.84. The second kappa shape index (κ2) is 7.56. The molecule has 0 aliphatic rings. The van der Waals surface area contributed by atoms with Crippen molar-refractivity contribution in [2.75, 3.05) is 13.2 Å². The Labute approximate surface area is 113 Å². The number of carbonyl (C=O) groups excluding carboxylic acids is 2. The van der Waals surface area contributed by atoms with Crippen LogP contribution in [0.15, 0.2) is 24.3 Å². The van der Waals surface area contributed by atoms with Crippen LogP contribution in [0.2, 0.25) is 0 Å². The minimum absolute atomic E-state index is 0.253. The lowest BCUT2D eigenvalue weighted by atomic mass is 9.98. The number of aryl methyl sites for hydroxylation is 1. The van der Waals surface area contributed by atoms with Crippen molar-refractivity contribution in [2.45, 2.75) is 27.2 Å². The van der Waals surface area contributed by atoms with Crippen molar-refractivity contribution in [3.05, 3.63) is 35.4 Å². The lowest BCUT2D eigenvalue weighted by Gasteiger charge is -2.14. The normalized spacial score (nSPS) is 10.3. The molecule has 1 aromatic rings. The van der Waals surface area contributed by atoms with E-state index in [9.17, 15) is 9.59 Å². The molecule has 4 heteroatoms. The molecule has 1 rings (SSSR count). The zero-order valence-corrected chi connectivity index (χ0v) is 11.6. The molecule has 0 bridgehead atoms. The summed E-state index contributed by atoms with van der Waals surface area (Å²) in [7, 11) is 0. The molecule has 0 radical (unpaired) electrons. The maximum atomic E-state index is 11.8. The molecular formula is C15H20O4. The highest BCUT2D eigenvalue weighted by Crippen LogP contribution is 2.14. The molecular weight excluding hydrogens is 244 g/mol. The molecule has 0 saturated carbocycles. The number of rotatable bonds is 6. The van der Waals surface area contributed by atoms with Gasteiger partial charge in [-0.3, -0.25) is 9.59 Å². The summed E-state index contributed by atoms with van der Waals surface area (Å²) < 4.78 is 9.87. The van der Waals surface area contributed by atoms with Gasteiger partial charge in [-0.25, -0.2) is 0 Å². The lowest BCUT2D eigenvalue weighted by molar-refractivity contribution is -0.161. The predicted molar refractivity (Wildman–Crippen MR) is 71.6 cm³/mol. The highest BCUT2D eigenvalue weighted by atomic mass is 16.6. The van der Waals surface area contributed by atoms with E-state index < -0.39 is 17.9 Å². The quantitative estimate of drug-likeness (QED) is 0.584. The first-order valence-corrected chi connectivity index (χ1v) is 6.47. The minimum atomic E-state index is -0.887. The van der Waals surface area contributed by atoms with Gasteiger partial charge in [-0.2, -0.15) is 0 Å². The first kappa shape index (κ1) is 15.2. The second-order valence-corrected chi connectivity index (χ2v) is 4.25. The second-order valence-electron chi connectivity index (χ2n) is 4.25. The van der Waals surface area contributed by atoms with Gasteiger partial charge < -0.3 is 9.47 Å². The SMILES string of the molecule is CCOC(=O)C(Cc1cccc(C)c1)C(=O)OCC. The molecule has 0 unspecified atom stereocenters. The van der Waals surface area contributed by atoms with Crippen LogP contribution in [0.5, 0.6) is 0 Å². The van der Waals surface area contributed by atoms with Crippen LogP contribution in [0.3, 0.4) is 0 Å². The van der Waals surface area contributed by atoms with E-state index in [-0.39, 0.29) is 13.2 Å². The zero-order chi connectivity index (χ0) is 14.3. The summed E-state index contributed by atoms with van der Waals surface area (Å²) in [5.41, 5.74) is 2.01. The summed E-state index contributed by atoms with van der Waals surface area (Å²) in [6.07, 6.45) is 0.305. The van der Waals surface area contributed by atoms with E-state index >= 15 is 0 Å². The van der Waals surface area contributed by atoms with Crippen LogP contribution in [-0.4, -0.2) is 25.2 Å². The number of hydrogen-bond donors (Lipinski definition) is 0. The van der Waals surface area contributed by atoms with Gasteiger partial charge in [-0.1, -0.05) is 29.8 Å². The first-order chi connectivity index (χ1) is 9.08. The Morgan fingerprint density at radius 2 is 1.68 bits per heavy atom. The number of ether oxygens (including phenoxy) is 2. The van der Waals surface area contributed by atoms with Gasteiger partial charge in [-0.05, 0) is 32.8 Å². The summed E-state index contributed by atoms with van der Waals surface area (Å²) in [6, 6.07) is 7.70. The summed E-state index contributed by atoms with van der Waals surface area (Å²) in [5, 5.41) is 0. The molecule has 0 fully saturated rings. The van der Waals surface area contributed by atoms with Gasteiger partial charge in [-0.15, -0.1) is 0 Å². The Morgan fingerprint density at radius 1 is 1.11 bits per heavy atom. The van der Waals surface area contributed by atoms with Crippen LogP contribution in [-0.2, 0) is 25.5 Å². The average Bonchev–Trinajstić information content (AvgIpc) is 2.36. The Kier molecular flexibility index (Phi) is 6.06. The van der Waals surface area contributed by atoms with Crippen LogP contribution >= 0.6 is 0 Å². The van der Waals surface area contributed by atoms with Gasteiger partial charge >= 0.3 is 11.9 Å². The van der Waals surface area contributed by atoms with Gasteiger partial charge in [0.2, 0.25) is 0 Å². The van der Waals surface area contributed by atoms with Crippen LogP contribution in [0.1, 0.15) is 25.0 Å². The molecule has 0 spiro atoms. The number of benzene rings is 1. The molecule has 1 aromatic carbocycles. The highest BCUT2D eigenvalue weighted by molar-refractivity contribution is 5.95. The molecule has 0 amide bonds. The third kappa shape index (κ3) is 4.73. The average molecular weight is 264 g/mol. The van der Waals surface area contributed by atoms with E-state index in [2.05, 4.69) is 0 Å². The van der Waals surface area contributed by atoms with Crippen molar-refractivity contribution in [1.29, 1.82) is 0 Å². The standard InChI is InChI=1S/C15H20O4/c1-4-18-14(16)13(15(17)19-5-2)10-12-8-6-7-11(3)9-12/h6-9,13H,4-5,10H2,1-3H3. The Balaban J connectivity index is 2.84. The third-order valence-corrected chi connectivity index (χ3v) is 2.66. The van der Waals surface area contributed by atoms with Gasteiger partial charge in [0.15, 0.2) is 5.92 Å². The molecule has 0 aliphatic carbocycles. The van der Waals surface area contributed by atoms with Crippen LogP contribution < -0.4 is 0 Å². The maximum Gasteiger partial charge on any atom is 0.320 e. The zero-order valence-electron chi connectivity index (χ0n) is 11.6. The summed E-state index contributed by atoms with van der Waals surface area (Å²) in [4.78, 5) is 23.7. The largest absolute Gasteiger partial charge is 0.465 e. The van der Waals surface area contributed by atoms with Crippen molar-refractivity contribution in [1.82, 2.24) is 0 Å². The van der Waals surface area contributed by atoms with E-state index in [1.54, 1.807) is 13.8 Å². The predicted octanol–water partition coefficient (Wildman–Crippen LogP) is 2.28. The first-order valence-electron chi connectivity index (χ1n) is 6.47. The summed E-state index contributed by atoms with van der Waals surface area (Å²) in [5.74, 6) is -1.94. The van der Waals surface area contributed by atoms with E-state index in [4.69, 9.17) is 9.47 Å². The van der Waals surface area contributed by atoms with Gasteiger partial charge in [0.1, 0.15) is 0 Å².